The number of nitrogens with zero attached hydrogens (tertiary/aromatic N) is 4. The Balaban J connectivity index is 1.87. The quantitative estimate of drug-likeness (QED) is 0.754. The third-order valence-corrected chi connectivity index (χ3v) is 3.11. The third-order valence-electron chi connectivity index (χ3n) is 3.11. The van der Waals surface area contributed by atoms with Crippen molar-refractivity contribution in [1.82, 2.24) is 24.9 Å². The molecule has 3 N–H and O–H groups in total. The highest BCUT2D eigenvalue weighted by molar-refractivity contribution is 5.94. The fraction of sp³-hybridized carbons (Fsp3) is 0.462. The van der Waals surface area contributed by atoms with Crippen LogP contribution in [0.5, 0.6) is 0 Å². The number of hydrogen-bond donors (Lipinski definition) is 2. The molecule has 0 aliphatic heterocycles. The zero-order chi connectivity index (χ0) is 14.4. The molecular weight excluding hydrogens is 256 g/mol. The van der Waals surface area contributed by atoms with Crippen molar-refractivity contribution in [1.29, 1.82) is 0 Å². The second-order valence-corrected chi connectivity index (χ2v) is 4.53. The molecule has 0 aliphatic carbocycles. The SMILES string of the molecule is Cc1c(C(=O)NCCn2cccn2)cnn1CCCN. The van der Waals surface area contributed by atoms with Crippen molar-refractivity contribution in [2.45, 2.75) is 26.4 Å². The number of aromatic nitrogens is 4. The number of amides is 1. The maximum atomic E-state index is 12.1. The van der Waals surface area contributed by atoms with Crippen LogP contribution in [0.2, 0.25) is 0 Å². The van der Waals surface area contributed by atoms with Gasteiger partial charge in [0.15, 0.2) is 0 Å². The van der Waals surface area contributed by atoms with E-state index < -0.39 is 0 Å². The first-order valence-electron chi connectivity index (χ1n) is 6.70. The van der Waals surface area contributed by atoms with Crippen LogP contribution in [0.1, 0.15) is 22.5 Å². The maximum absolute atomic E-state index is 12.1. The molecule has 108 valence electrons. The van der Waals surface area contributed by atoms with E-state index in [1.165, 1.54) is 0 Å². The van der Waals surface area contributed by atoms with E-state index in [4.69, 9.17) is 5.73 Å². The lowest BCUT2D eigenvalue weighted by Gasteiger charge is -2.06. The monoisotopic (exact) mass is 276 g/mol. The fourth-order valence-corrected chi connectivity index (χ4v) is 1.95. The summed E-state index contributed by atoms with van der Waals surface area (Å²) >= 11 is 0. The number of carbonyl (C=O) groups excluding carboxylic acids is 1. The first-order valence-corrected chi connectivity index (χ1v) is 6.70. The van der Waals surface area contributed by atoms with Gasteiger partial charge >= 0.3 is 0 Å². The van der Waals surface area contributed by atoms with Gasteiger partial charge < -0.3 is 11.1 Å². The molecule has 0 saturated heterocycles. The molecule has 2 rings (SSSR count). The molecule has 0 aromatic carbocycles. The minimum absolute atomic E-state index is 0.103. The summed E-state index contributed by atoms with van der Waals surface area (Å²) in [4.78, 5) is 12.1. The standard InChI is InChI=1S/C13H20N6O/c1-11-12(10-17-19(11)8-2-4-14)13(20)15-6-9-18-7-3-5-16-18/h3,5,7,10H,2,4,6,8-9,14H2,1H3,(H,15,20). The Kier molecular flexibility index (Phi) is 4.89. The van der Waals surface area contributed by atoms with E-state index in [-0.39, 0.29) is 5.91 Å². The lowest BCUT2D eigenvalue weighted by Crippen LogP contribution is -2.27. The molecule has 2 aromatic heterocycles. The van der Waals surface area contributed by atoms with E-state index in [1.54, 1.807) is 17.1 Å². The van der Waals surface area contributed by atoms with Crippen LogP contribution in [-0.2, 0) is 13.1 Å². The summed E-state index contributed by atoms with van der Waals surface area (Å²) in [5.41, 5.74) is 6.96. The van der Waals surface area contributed by atoms with Gasteiger partial charge in [0.05, 0.1) is 18.3 Å². The van der Waals surface area contributed by atoms with Gasteiger partial charge in [0.2, 0.25) is 0 Å². The van der Waals surface area contributed by atoms with Crippen molar-refractivity contribution in [2.24, 2.45) is 5.73 Å². The maximum Gasteiger partial charge on any atom is 0.254 e. The van der Waals surface area contributed by atoms with Crippen LogP contribution in [0.25, 0.3) is 0 Å². The molecular formula is C13H20N6O. The largest absolute Gasteiger partial charge is 0.350 e. The van der Waals surface area contributed by atoms with Crippen molar-refractivity contribution < 1.29 is 4.79 Å². The topological polar surface area (TPSA) is 90.8 Å². The molecule has 0 unspecified atom stereocenters. The van der Waals surface area contributed by atoms with E-state index in [1.807, 2.05) is 23.9 Å². The molecule has 0 fully saturated rings. The van der Waals surface area contributed by atoms with Gasteiger partial charge in [-0.25, -0.2) is 0 Å². The zero-order valence-electron chi connectivity index (χ0n) is 11.6. The minimum atomic E-state index is -0.103. The van der Waals surface area contributed by atoms with Gasteiger partial charge in [-0.2, -0.15) is 10.2 Å². The molecule has 0 radical (unpaired) electrons. The summed E-state index contributed by atoms with van der Waals surface area (Å²) in [5.74, 6) is -0.103. The second-order valence-electron chi connectivity index (χ2n) is 4.53. The fourth-order valence-electron chi connectivity index (χ4n) is 1.95. The summed E-state index contributed by atoms with van der Waals surface area (Å²) in [5, 5.41) is 11.2. The highest BCUT2D eigenvalue weighted by Gasteiger charge is 2.13. The van der Waals surface area contributed by atoms with Crippen LogP contribution in [0.3, 0.4) is 0 Å². The lowest BCUT2D eigenvalue weighted by atomic mass is 10.2. The Morgan fingerprint density at radius 3 is 2.95 bits per heavy atom. The Labute approximate surface area is 117 Å². The van der Waals surface area contributed by atoms with E-state index >= 15 is 0 Å². The predicted molar refractivity (Wildman–Crippen MR) is 75.2 cm³/mol. The molecule has 20 heavy (non-hydrogen) atoms. The van der Waals surface area contributed by atoms with Crippen molar-refractivity contribution in [2.75, 3.05) is 13.1 Å². The van der Waals surface area contributed by atoms with Gasteiger partial charge in [0.25, 0.3) is 5.91 Å². The average Bonchev–Trinajstić information content (AvgIpc) is 3.06. The van der Waals surface area contributed by atoms with Gasteiger partial charge in [0, 0.05) is 31.2 Å². The molecule has 2 heterocycles. The van der Waals surface area contributed by atoms with Crippen LogP contribution >= 0.6 is 0 Å². The highest BCUT2D eigenvalue weighted by Crippen LogP contribution is 2.07. The minimum Gasteiger partial charge on any atom is -0.350 e. The van der Waals surface area contributed by atoms with Crippen LogP contribution in [-0.4, -0.2) is 38.6 Å². The zero-order valence-corrected chi connectivity index (χ0v) is 11.6. The van der Waals surface area contributed by atoms with Crippen molar-refractivity contribution >= 4 is 5.91 Å². The molecule has 0 bridgehead atoms. The normalized spacial score (nSPS) is 10.7. The summed E-state index contributed by atoms with van der Waals surface area (Å²) < 4.78 is 3.59. The summed E-state index contributed by atoms with van der Waals surface area (Å²) in [6.45, 7) is 4.44. The lowest BCUT2D eigenvalue weighted by molar-refractivity contribution is 0.0951. The number of nitrogens with one attached hydrogen (secondary N) is 1. The molecule has 2 aromatic rings. The molecule has 7 nitrogen and oxygen atoms in total. The van der Waals surface area contributed by atoms with Crippen LogP contribution in [0, 0.1) is 6.92 Å². The average molecular weight is 276 g/mol. The smallest absolute Gasteiger partial charge is 0.254 e. The number of nitrogens with two attached hydrogens (primary N) is 1. The van der Waals surface area contributed by atoms with Crippen LogP contribution in [0.15, 0.2) is 24.7 Å². The molecule has 0 atom stereocenters. The van der Waals surface area contributed by atoms with Crippen molar-refractivity contribution in [3.63, 3.8) is 0 Å². The van der Waals surface area contributed by atoms with Gasteiger partial charge in [0.1, 0.15) is 0 Å². The molecule has 0 spiro atoms. The van der Waals surface area contributed by atoms with Crippen LogP contribution < -0.4 is 11.1 Å². The number of rotatable bonds is 7. The molecule has 7 heteroatoms. The number of aryl methyl sites for hydroxylation is 1. The summed E-state index contributed by atoms with van der Waals surface area (Å²) in [6.07, 6.45) is 6.04. The van der Waals surface area contributed by atoms with Gasteiger partial charge in [-0.15, -0.1) is 0 Å². The first kappa shape index (κ1) is 14.3. The Morgan fingerprint density at radius 1 is 1.40 bits per heavy atom. The second kappa shape index (κ2) is 6.85. The van der Waals surface area contributed by atoms with Gasteiger partial charge in [-0.05, 0) is 26.0 Å². The van der Waals surface area contributed by atoms with Crippen molar-refractivity contribution in [3.05, 3.63) is 35.9 Å². The molecule has 0 aliphatic rings. The molecule has 1 amide bonds. The Bertz CT molecular complexity index is 545. The van der Waals surface area contributed by atoms with Crippen LogP contribution in [0.4, 0.5) is 0 Å². The first-order chi connectivity index (χ1) is 9.72. The Morgan fingerprint density at radius 2 is 2.25 bits per heavy atom. The Hall–Kier alpha value is -2.15. The molecule has 0 saturated carbocycles. The highest BCUT2D eigenvalue weighted by atomic mass is 16.1. The van der Waals surface area contributed by atoms with Gasteiger partial charge in [-0.1, -0.05) is 0 Å². The van der Waals surface area contributed by atoms with Gasteiger partial charge in [-0.3, -0.25) is 14.2 Å². The van der Waals surface area contributed by atoms with E-state index in [9.17, 15) is 4.79 Å². The predicted octanol–water partition coefficient (Wildman–Crippen LogP) is 0.167. The van der Waals surface area contributed by atoms with E-state index in [0.717, 1.165) is 18.7 Å². The van der Waals surface area contributed by atoms with E-state index in [2.05, 4.69) is 15.5 Å². The number of carbonyl (C=O) groups is 1. The van der Waals surface area contributed by atoms with Crippen molar-refractivity contribution in [3.8, 4) is 0 Å². The summed E-state index contributed by atoms with van der Waals surface area (Å²) in [7, 11) is 0. The number of hydrogen-bond acceptors (Lipinski definition) is 4. The van der Waals surface area contributed by atoms with E-state index in [0.29, 0.717) is 25.2 Å². The summed E-state index contributed by atoms with van der Waals surface area (Å²) in [6, 6.07) is 1.85. The third kappa shape index (κ3) is 3.45.